The van der Waals surface area contributed by atoms with E-state index in [1.165, 1.54) is 16.0 Å². The molecule has 0 amide bonds. The van der Waals surface area contributed by atoms with Crippen LogP contribution in [0.3, 0.4) is 0 Å². The summed E-state index contributed by atoms with van der Waals surface area (Å²) < 4.78 is 8.13. The first-order chi connectivity index (χ1) is 13.6. The fourth-order valence-corrected chi connectivity index (χ4v) is 3.41. The number of aryl methyl sites for hydroxylation is 2. The molecule has 0 fully saturated rings. The summed E-state index contributed by atoms with van der Waals surface area (Å²) in [5, 5.41) is 15.1. The minimum atomic E-state index is -0.433. The maximum Gasteiger partial charge on any atom is 0.308 e. The van der Waals surface area contributed by atoms with Crippen molar-refractivity contribution in [1.82, 2.24) is 29.8 Å². The molecule has 4 rings (SSSR count). The number of ether oxygens (including phenoxy) is 1. The van der Waals surface area contributed by atoms with E-state index in [0.29, 0.717) is 16.6 Å². The average Bonchev–Trinajstić information content (AvgIpc) is 3.35. The Morgan fingerprint density at radius 1 is 1.29 bits per heavy atom. The summed E-state index contributed by atoms with van der Waals surface area (Å²) in [6.07, 6.45) is 3.63. The van der Waals surface area contributed by atoms with Crippen LogP contribution in [0.25, 0.3) is 21.5 Å². The minimum absolute atomic E-state index is 0.0204. The van der Waals surface area contributed by atoms with Crippen molar-refractivity contribution in [2.24, 2.45) is 7.05 Å². The highest BCUT2D eigenvalue weighted by Gasteiger charge is 2.11. The van der Waals surface area contributed by atoms with Gasteiger partial charge < -0.3 is 4.74 Å². The molecule has 0 saturated heterocycles. The average molecular weight is 396 g/mol. The summed E-state index contributed by atoms with van der Waals surface area (Å²) in [7, 11) is 1.84. The van der Waals surface area contributed by atoms with E-state index in [0.717, 1.165) is 10.6 Å². The quantitative estimate of drug-likeness (QED) is 0.458. The third kappa shape index (κ3) is 3.81. The molecule has 0 aliphatic heterocycles. The second-order valence-corrected chi connectivity index (χ2v) is 6.95. The molecule has 28 heavy (non-hydrogen) atoms. The lowest BCUT2D eigenvalue weighted by atomic mass is 10.2. The minimum Gasteiger partial charge on any atom is -0.459 e. The maximum atomic E-state index is 12.4. The van der Waals surface area contributed by atoms with Gasteiger partial charge in [-0.2, -0.15) is 5.10 Å². The van der Waals surface area contributed by atoms with Crippen LogP contribution in [0.5, 0.6) is 0 Å². The Morgan fingerprint density at radius 2 is 2.14 bits per heavy atom. The number of hydrogen-bond acceptors (Lipinski definition) is 8. The molecule has 3 heterocycles. The highest BCUT2D eigenvalue weighted by atomic mass is 32.1. The van der Waals surface area contributed by atoms with E-state index in [9.17, 15) is 9.59 Å². The van der Waals surface area contributed by atoms with Gasteiger partial charge in [-0.1, -0.05) is 17.3 Å². The van der Waals surface area contributed by atoms with E-state index in [4.69, 9.17) is 4.74 Å². The van der Waals surface area contributed by atoms with Crippen LogP contribution in [0.15, 0.2) is 46.8 Å². The van der Waals surface area contributed by atoms with Crippen molar-refractivity contribution < 1.29 is 9.53 Å². The second-order valence-electron chi connectivity index (χ2n) is 6.09. The highest BCUT2D eigenvalue weighted by molar-refractivity contribution is 7.13. The van der Waals surface area contributed by atoms with Crippen LogP contribution in [-0.2, 0) is 29.7 Å². The lowest BCUT2D eigenvalue weighted by Gasteiger charge is -2.05. The van der Waals surface area contributed by atoms with Gasteiger partial charge in [0.25, 0.3) is 5.56 Å². The van der Waals surface area contributed by atoms with E-state index in [-0.39, 0.29) is 25.1 Å². The summed E-state index contributed by atoms with van der Waals surface area (Å²) in [6, 6.07) is 6.95. The lowest BCUT2D eigenvalue weighted by molar-refractivity contribution is -0.145. The van der Waals surface area contributed by atoms with Gasteiger partial charge in [0.1, 0.15) is 17.1 Å². The number of benzene rings is 1. The van der Waals surface area contributed by atoms with Crippen LogP contribution in [-0.4, -0.2) is 35.7 Å². The van der Waals surface area contributed by atoms with E-state index >= 15 is 0 Å². The number of esters is 1. The van der Waals surface area contributed by atoms with Crippen molar-refractivity contribution in [2.75, 3.05) is 0 Å². The molecule has 9 nitrogen and oxygen atoms in total. The van der Waals surface area contributed by atoms with Gasteiger partial charge in [-0.3, -0.25) is 14.3 Å². The number of rotatable bonds is 6. The number of nitrogens with zero attached hydrogens (tertiary/aromatic N) is 6. The Morgan fingerprint density at radius 3 is 2.96 bits per heavy atom. The molecule has 4 aromatic rings. The maximum absolute atomic E-state index is 12.4. The summed E-state index contributed by atoms with van der Waals surface area (Å²) in [4.78, 5) is 28.8. The Bertz CT molecular complexity index is 1200. The molecule has 0 bridgehead atoms. The number of carbonyl (C=O) groups excluding carboxylic acids is 1. The van der Waals surface area contributed by atoms with Crippen molar-refractivity contribution in [3.8, 4) is 10.6 Å². The lowest BCUT2D eigenvalue weighted by Crippen LogP contribution is -2.25. The zero-order valence-electron chi connectivity index (χ0n) is 15.0. The molecule has 0 radical (unpaired) electrons. The number of thiazole rings is 1. The molecular weight excluding hydrogens is 380 g/mol. The van der Waals surface area contributed by atoms with Gasteiger partial charge in [0.2, 0.25) is 0 Å². The number of carbonyl (C=O) groups is 1. The van der Waals surface area contributed by atoms with Gasteiger partial charge in [-0.25, -0.2) is 9.67 Å². The van der Waals surface area contributed by atoms with Crippen LogP contribution >= 0.6 is 11.3 Å². The second kappa shape index (κ2) is 7.69. The van der Waals surface area contributed by atoms with E-state index < -0.39 is 5.97 Å². The van der Waals surface area contributed by atoms with E-state index in [1.54, 1.807) is 35.1 Å². The molecule has 3 aromatic heterocycles. The fourth-order valence-electron chi connectivity index (χ4n) is 2.63. The van der Waals surface area contributed by atoms with Crippen molar-refractivity contribution in [2.45, 2.75) is 19.6 Å². The van der Waals surface area contributed by atoms with Crippen LogP contribution < -0.4 is 5.56 Å². The molecule has 142 valence electrons. The molecule has 1 aromatic carbocycles. The fraction of sp³-hybridized carbons (Fsp3) is 0.222. The standard InChI is InChI=1S/C18H16N6O3S/c1-23-9-12(8-19-23)17-20-13(11-28-17)10-27-16(25)6-7-24-18(26)14-4-2-3-5-15(14)21-22-24/h2-5,8-9,11H,6-7,10H2,1H3. The van der Waals surface area contributed by atoms with Crippen molar-refractivity contribution in [3.63, 3.8) is 0 Å². The van der Waals surface area contributed by atoms with Gasteiger partial charge in [0.05, 0.1) is 30.2 Å². The highest BCUT2D eigenvalue weighted by Crippen LogP contribution is 2.23. The summed E-state index contributed by atoms with van der Waals surface area (Å²) in [5.41, 5.74) is 1.83. The van der Waals surface area contributed by atoms with Crippen LogP contribution in [0.4, 0.5) is 0 Å². The van der Waals surface area contributed by atoms with Gasteiger partial charge in [0, 0.05) is 24.2 Å². The van der Waals surface area contributed by atoms with Crippen LogP contribution in [0.2, 0.25) is 0 Å². The summed E-state index contributed by atoms with van der Waals surface area (Å²) in [6.45, 7) is 0.182. The molecule has 0 aliphatic rings. The largest absolute Gasteiger partial charge is 0.459 e. The monoisotopic (exact) mass is 396 g/mol. The van der Waals surface area contributed by atoms with Crippen LogP contribution in [0.1, 0.15) is 12.1 Å². The molecule has 0 N–H and O–H groups in total. The van der Waals surface area contributed by atoms with Crippen molar-refractivity contribution in [3.05, 3.63) is 58.1 Å². The zero-order valence-corrected chi connectivity index (χ0v) is 15.8. The summed E-state index contributed by atoms with van der Waals surface area (Å²) in [5.74, 6) is -0.433. The Labute approximate surface area is 163 Å². The predicted octanol–water partition coefficient (Wildman–Crippen LogP) is 1.78. The van der Waals surface area contributed by atoms with Crippen molar-refractivity contribution in [1.29, 1.82) is 0 Å². The number of hydrogen-bond donors (Lipinski definition) is 0. The van der Waals surface area contributed by atoms with Gasteiger partial charge >= 0.3 is 5.97 Å². The number of aromatic nitrogens is 6. The van der Waals surface area contributed by atoms with Gasteiger partial charge in [0.15, 0.2) is 0 Å². The SMILES string of the molecule is Cn1cc(-c2nc(COC(=O)CCn3nnc4ccccc4c3=O)cs2)cn1. The van der Waals surface area contributed by atoms with Crippen LogP contribution in [0, 0.1) is 0 Å². The topological polar surface area (TPSA) is 105 Å². The normalized spacial score (nSPS) is 11.0. The molecule has 0 spiro atoms. The molecule has 0 atom stereocenters. The van der Waals surface area contributed by atoms with E-state index in [2.05, 4.69) is 20.4 Å². The Hall–Kier alpha value is -3.40. The molecule has 0 unspecified atom stereocenters. The third-order valence-corrected chi connectivity index (χ3v) is 4.98. The van der Waals surface area contributed by atoms with E-state index in [1.807, 2.05) is 18.6 Å². The predicted molar refractivity (Wildman–Crippen MR) is 103 cm³/mol. The van der Waals surface area contributed by atoms with Gasteiger partial charge in [-0.05, 0) is 12.1 Å². The first kappa shape index (κ1) is 18.0. The number of fused-ring (bicyclic) bond motifs is 1. The first-order valence-corrected chi connectivity index (χ1v) is 9.40. The first-order valence-electron chi connectivity index (χ1n) is 8.52. The third-order valence-electron chi connectivity index (χ3n) is 4.04. The van der Waals surface area contributed by atoms with Crippen molar-refractivity contribution >= 4 is 28.2 Å². The zero-order chi connectivity index (χ0) is 19.5. The smallest absolute Gasteiger partial charge is 0.308 e. The molecule has 10 heteroatoms. The van der Waals surface area contributed by atoms with Gasteiger partial charge in [-0.15, -0.1) is 16.4 Å². The molecular formula is C18H16N6O3S. The summed E-state index contributed by atoms with van der Waals surface area (Å²) >= 11 is 1.46. The molecule has 0 aliphatic carbocycles. The molecule has 0 saturated carbocycles. The Kier molecular flexibility index (Phi) is 4.94. The Balaban J connectivity index is 1.34.